The highest BCUT2D eigenvalue weighted by molar-refractivity contribution is 5.93. The second-order valence-electron chi connectivity index (χ2n) is 6.26. The first-order valence-corrected chi connectivity index (χ1v) is 8.39. The van der Waals surface area contributed by atoms with Crippen LogP contribution in [0, 0.1) is 32.1 Å². The van der Waals surface area contributed by atoms with Crippen LogP contribution in [-0.2, 0) is 9.53 Å². The first-order valence-electron chi connectivity index (χ1n) is 8.39. The summed E-state index contributed by atoms with van der Waals surface area (Å²) in [5, 5.41) is 8.56. The number of esters is 1. The van der Waals surface area contributed by atoms with Gasteiger partial charge < -0.3 is 14.2 Å². The summed E-state index contributed by atoms with van der Waals surface area (Å²) in [5.41, 5.74) is 4.25. The molecule has 0 aliphatic carbocycles. The van der Waals surface area contributed by atoms with Crippen LogP contribution in [0.5, 0.6) is 0 Å². The first kappa shape index (κ1) is 19.3. The van der Waals surface area contributed by atoms with Gasteiger partial charge in [0.15, 0.2) is 6.61 Å². The van der Waals surface area contributed by atoms with Crippen molar-refractivity contribution in [1.29, 1.82) is 5.26 Å². The fourth-order valence-corrected chi connectivity index (χ4v) is 2.72. The third-order valence-electron chi connectivity index (χ3n) is 4.25. The predicted octanol–water partition coefficient (Wildman–Crippen LogP) is 2.93. The van der Waals surface area contributed by atoms with E-state index >= 15 is 0 Å². The van der Waals surface area contributed by atoms with Crippen LogP contribution in [0.25, 0.3) is 5.69 Å². The van der Waals surface area contributed by atoms with Gasteiger partial charge in [-0.2, -0.15) is 5.26 Å². The molecule has 0 saturated carbocycles. The maximum atomic E-state index is 12.4. The molecule has 2 aromatic rings. The standard InChI is InChI=1S/C20H23N3O3/c1-14-6-8-17(9-7-14)23-15(2)12-18(16(23)3)20(25)26-13-19(24)22(4)11-5-10-21/h6-9,12H,5,11,13H2,1-4H3. The van der Waals surface area contributed by atoms with Crippen molar-refractivity contribution < 1.29 is 14.3 Å². The molecular formula is C20H23N3O3. The molecule has 0 aliphatic heterocycles. The van der Waals surface area contributed by atoms with Crippen molar-refractivity contribution in [1.82, 2.24) is 9.47 Å². The van der Waals surface area contributed by atoms with E-state index in [-0.39, 0.29) is 18.9 Å². The molecule has 0 atom stereocenters. The lowest BCUT2D eigenvalue weighted by molar-refractivity contribution is -0.133. The first-order chi connectivity index (χ1) is 12.3. The van der Waals surface area contributed by atoms with Gasteiger partial charge in [-0.3, -0.25) is 4.79 Å². The lowest BCUT2D eigenvalue weighted by atomic mass is 10.2. The van der Waals surface area contributed by atoms with E-state index in [1.54, 1.807) is 13.1 Å². The molecule has 1 aromatic heterocycles. The van der Waals surface area contributed by atoms with Gasteiger partial charge in [-0.1, -0.05) is 17.7 Å². The topological polar surface area (TPSA) is 75.3 Å². The second kappa shape index (κ2) is 8.34. The molecule has 0 fully saturated rings. The molecule has 26 heavy (non-hydrogen) atoms. The van der Waals surface area contributed by atoms with Crippen molar-refractivity contribution in [3.63, 3.8) is 0 Å². The highest BCUT2D eigenvalue weighted by Crippen LogP contribution is 2.21. The van der Waals surface area contributed by atoms with Crippen LogP contribution < -0.4 is 0 Å². The minimum Gasteiger partial charge on any atom is -0.452 e. The van der Waals surface area contributed by atoms with Gasteiger partial charge in [-0.25, -0.2) is 4.79 Å². The van der Waals surface area contributed by atoms with Gasteiger partial charge in [-0.15, -0.1) is 0 Å². The number of nitrogens with zero attached hydrogens (tertiary/aromatic N) is 3. The minimum atomic E-state index is -0.529. The summed E-state index contributed by atoms with van der Waals surface area (Å²) >= 11 is 0. The maximum absolute atomic E-state index is 12.4. The van der Waals surface area contributed by atoms with Crippen LogP contribution in [0.4, 0.5) is 0 Å². The number of hydrogen-bond acceptors (Lipinski definition) is 4. The van der Waals surface area contributed by atoms with Crippen LogP contribution in [0.2, 0.25) is 0 Å². The molecule has 0 bridgehead atoms. The van der Waals surface area contributed by atoms with Crippen molar-refractivity contribution in [2.75, 3.05) is 20.2 Å². The largest absolute Gasteiger partial charge is 0.452 e. The van der Waals surface area contributed by atoms with E-state index in [1.807, 2.05) is 55.7 Å². The number of aryl methyl sites for hydroxylation is 2. The van der Waals surface area contributed by atoms with E-state index in [2.05, 4.69) is 0 Å². The van der Waals surface area contributed by atoms with Gasteiger partial charge in [0.1, 0.15) is 0 Å². The summed E-state index contributed by atoms with van der Waals surface area (Å²) < 4.78 is 7.15. The van der Waals surface area contributed by atoms with Crippen molar-refractivity contribution >= 4 is 11.9 Å². The summed E-state index contributed by atoms with van der Waals surface area (Å²) in [6, 6.07) is 11.8. The zero-order chi connectivity index (χ0) is 19.3. The number of carbonyl (C=O) groups excluding carboxylic acids is 2. The zero-order valence-electron chi connectivity index (χ0n) is 15.6. The molecule has 1 heterocycles. The van der Waals surface area contributed by atoms with Gasteiger partial charge in [0, 0.05) is 30.7 Å². The van der Waals surface area contributed by atoms with E-state index in [9.17, 15) is 9.59 Å². The van der Waals surface area contributed by atoms with Crippen LogP contribution in [0.3, 0.4) is 0 Å². The fraction of sp³-hybridized carbons (Fsp3) is 0.350. The van der Waals surface area contributed by atoms with Gasteiger partial charge in [0.25, 0.3) is 5.91 Å². The molecule has 136 valence electrons. The highest BCUT2D eigenvalue weighted by Gasteiger charge is 2.19. The number of benzene rings is 1. The number of ether oxygens (including phenoxy) is 1. The van der Waals surface area contributed by atoms with Gasteiger partial charge in [-0.05, 0) is 39.0 Å². The number of nitriles is 1. The van der Waals surface area contributed by atoms with Crippen LogP contribution in [-0.4, -0.2) is 41.5 Å². The van der Waals surface area contributed by atoms with Crippen LogP contribution >= 0.6 is 0 Å². The number of hydrogen-bond donors (Lipinski definition) is 0. The van der Waals surface area contributed by atoms with E-state index in [4.69, 9.17) is 10.00 Å². The molecule has 1 aromatic carbocycles. The maximum Gasteiger partial charge on any atom is 0.340 e. The SMILES string of the molecule is Cc1ccc(-n2c(C)cc(C(=O)OCC(=O)N(C)CCC#N)c2C)cc1. The van der Waals surface area contributed by atoms with E-state index in [0.29, 0.717) is 12.1 Å². The molecule has 0 radical (unpaired) electrons. The Hall–Kier alpha value is -3.07. The number of amides is 1. The summed E-state index contributed by atoms with van der Waals surface area (Å²) in [4.78, 5) is 25.7. The molecule has 2 rings (SSSR count). The van der Waals surface area contributed by atoms with Gasteiger partial charge in [0.05, 0.1) is 18.1 Å². The Labute approximate surface area is 153 Å². The van der Waals surface area contributed by atoms with E-state index in [0.717, 1.165) is 22.6 Å². The number of carbonyl (C=O) groups is 2. The Morgan fingerprint density at radius 3 is 2.46 bits per heavy atom. The Balaban J connectivity index is 2.11. The highest BCUT2D eigenvalue weighted by atomic mass is 16.5. The van der Waals surface area contributed by atoms with Gasteiger partial charge in [0.2, 0.25) is 0 Å². The minimum absolute atomic E-state index is 0.244. The summed E-state index contributed by atoms with van der Waals surface area (Å²) in [6.45, 7) is 5.77. The summed E-state index contributed by atoms with van der Waals surface area (Å²) in [6.07, 6.45) is 0.244. The van der Waals surface area contributed by atoms with Gasteiger partial charge >= 0.3 is 5.97 Å². The van der Waals surface area contributed by atoms with Crippen LogP contribution in [0.1, 0.15) is 33.7 Å². The second-order valence-corrected chi connectivity index (χ2v) is 6.26. The monoisotopic (exact) mass is 353 g/mol. The number of likely N-dealkylation sites (N-methyl/N-ethyl adjacent to an activating group) is 1. The average molecular weight is 353 g/mol. The third kappa shape index (κ3) is 4.31. The van der Waals surface area contributed by atoms with Crippen molar-refractivity contribution in [3.05, 3.63) is 52.8 Å². The Morgan fingerprint density at radius 2 is 1.85 bits per heavy atom. The van der Waals surface area contributed by atoms with E-state index < -0.39 is 5.97 Å². The van der Waals surface area contributed by atoms with Crippen molar-refractivity contribution in [3.8, 4) is 11.8 Å². The normalized spacial score (nSPS) is 10.3. The third-order valence-corrected chi connectivity index (χ3v) is 4.25. The van der Waals surface area contributed by atoms with E-state index in [1.165, 1.54) is 4.90 Å². The average Bonchev–Trinajstić information content (AvgIpc) is 2.92. The summed E-state index contributed by atoms with van der Waals surface area (Å²) in [5.74, 6) is -0.862. The molecule has 6 heteroatoms. The lowest BCUT2D eigenvalue weighted by Crippen LogP contribution is -2.32. The zero-order valence-corrected chi connectivity index (χ0v) is 15.6. The molecule has 0 spiro atoms. The quantitative estimate of drug-likeness (QED) is 0.748. The van der Waals surface area contributed by atoms with Crippen LogP contribution in [0.15, 0.2) is 30.3 Å². The summed E-state index contributed by atoms with van der Waals surface area (Å²) in [7, 11) is 1.58. The molecule has 0 unspecified atom stereocenters. The molecule has 6 nitrogen and oxygen atoms in total. The molecule has 0 aliphatic rings. The molecule has 0 N–H and O–H groups in total. The Bertz CT molecular complexity index is 844. The number of rotatable bonds is 6. The molecule has 0 saturated heterocycles. The van der Waals surface area contributed by atoms with Crippen molar-refractivity contribution in [2.45, 2.75) is 27.2 Å². The molecule has 1 amide bonds. The smallest absolute Gasteiger partial charge is 0.340 e. The lowest BCUT2D eigenvalue weighted by Gasteiger charge is -2.15. The number of aromatic nitrogens is 1. The Kier molecular flexibility index (Phi) is 6.18. The van der Waals surface area contributed by atoms with Crippen molar-refractivity contribution in [2.24, 2.45) is 0 Å². The predicted molar refractivity (Wildman–Crippen MR) is 98.1 cm³/mol. The Morgan fingerprint density at radius 1 is 1.19 bits per heavy atom. The molecular weight excluding hydrogens is 330 g/mol. The fourth-order valence-electron chi connectivity index (χ4n) is 2.72.